The summed E-state index contributed by atoms with van der Waals surface area (Å²) < 4.78 is 6.31. The molecule has 3 aromatic carbocycles. The van der Waals surface area contributed by atoms with E-state index >= 15 is 0 Å². The number of anilines is 2. The van der Waals surface area contributed by atoms with Crippen molar-refractivity contribution in [2.75, 3.05) is 25.5 Å². The number of hydrogen-bond donors (Lipinski definition) is 2. The summed E-state index contributed by atoms with van der Waals surface area (Å²) in [7, 11) is 1.93. The second-order valence-corrected chi connectivity index (χ2v) is 12.4. The van der Waals surface area contributed by atoms with Gasteiger partial charge in [-0.1, -0.05) is 31.2 Å². The second kappa shape index (κ2) is 12.4. The van der Waals surface area contributed by atoms with E-state index in [-0.39, 0.29) is 0 Å². The Kier molecular flexibility index (Phi) is 7.95. The van der Waals surface area contributed by atoms with Crippen LogP contribution in [-0.2, 0) is 13.1 Å². The maximum atomic E-state index is 9.98. The van der Waals surface area contributed by atoms with Gasteiger partial charge in [0.2, 0.25) is 5.89 Å². The first-order valence-electron chi connectivity index (χ1n) is 15.8. The molecule has 0 unspecified atom stereocenters. The SMILES string of the molecule is CNCc1cnc2c(Nc3cccc(-c4cccc(-c5nc6cc(CN7CC[C@H](C)C7)cc(C#N)c6o5)c4C)c3C)nccc2c1. The van der Waals surface area contributed by atoms with Gasteiger partial charge in [-0.05, 0) is 110 Å². The third-order valence-electron chi connectivity index (χ3n) is 9.06. The zero-order valence-corrected chi connectivity index (χ0v) is 26.7. The van der Waals surface area contributed by atoms with Crippen LogP contribution in [0.5, 0.6) is 0 Å². The summed E-state index contributed by atoms with van der Waals surface area (Å²) in [5.41, 5.74) is 11.0. The van der Waals surface area contributed by atoms with Gasteiger partial charge in [0.05, 0.1) is 5.56 Å². The topological polar surface area (TPSA) is 103 Å². The molecule has 0 amide bonds. The highest BCUT2D eigenvalue weighted by molar-refractivity contribution is 5.91. The van der Waals surface area contributed by atoms with Crippen molar-refractivity contribution in [3.05, 3.63) is 101 Å². The summed E-state index contributed by atoms with van der Waals surface area (Å²) in [6.45, 7) is 10.3. The number of fused-ring (bicyclic) bond motifs is 2. The quantitative estimate of drug-likeness (QED) is 0.180. The lowest BCUT2D eigenvalue weighted by molar-refractivity contribution is 0.320. The maximum Gasteiger partial charge on any atom is 0.227 e. The summed E-state index contributed by atoms with van der Waals surface area (Å²) in [5.74, 6) is 1.95. The molecule has 6 aromatic rings. The predicted octanol–water partition coefficient (Wildman–Crippen LogP) is 7.90. The van der Waals surface area contributed by atoms with Crippen LogP contribution in [0.1, 0.15) is 41.2 Å². The van der Waals surface area contributed by atoms with E-state index in [0.717, 1.165) is 93.0 Å². The third kappa shape index (κ3) is 5.60. The number of hydrogen-bond acceptors (Lipinski definition) is 8. The molecule has 1 atom stereocenters. The standard InChI is InChI=1S/C38H37N7O/c1-23-12-14-45(21-23)22-26-15-29(18-39)36-34(17-26)44-38(46-36)32-9-5-7-30(24(32)2)31-8-6-10-33(25(31)3)43-37-35-28(11-13-41-37)16-27(19-40-4)20-42-35/h5-11,13,15-17,20,23,40H,12,14,19,21-22H2,1-4H3,(H,41,43)/t23-/m0/s1. The largest absolute Gasteiger partial charge is 0.435 e. The third-order valence-corrected chi connectivity index (χ3v) is 9.06. The van der Waals surface area contributed by atoms with Crippen molar-refractivity contribution in [3.63, 3.8) is 0 Å². The minimum absolute atomic E-state index is 0.522. The maximum absolute atomic E-state index is 9.98. The minimum atomic E-state index is 0.522. The first kappa shape index (κ1) is 29.6. The van der Waals surface area contributed by atoms with Gasteiger partial charge in [0.25, 0.3) is 0 Å². The fourth-order valence-corrected chi connectivity index (χ4v) is 6.66. The van der Waals surface area contributed by atoms with E-state index in [1.807, 2.05) is 43.7 Å². The van der Waals surface area contributed by atoms with Crippen molar-refractivity contribution in [2.24, 2.45) is 5.92 Å². The zero-order chi connectivity index (χ0) is 31.8. The highest BCUT2D eigenvalue weighted by Gasteiger charge is 2.21. The number of nitrogens with zero attached hydrogens (tertiary/aromatic N) is 5. The minimum Gasteiger partial charge on any atom is -0.435 e. The molecule has 7 rings (SSSR count). The lowest BCUT2D eigenvalue weighted by Crippen LogP contribution is -2.19. The summed E-state index contributed by atoms with van der Waals surface area (Å²) in [6, 6.07) is 23.0. The molecule has 0 aliphatic carbocycles. The smallest absolute Gasteiger partial charge is 0.227 e. The molecule has 0 bridgehead atoms. The molecule has 1 aliphatic rings. The fraction of sp³-hybridized carbons (Fsp3) is 0.263. The van der Waals surface area contributed by atoms with Crippen LogP contribution < -0.4 is 10.6 Å². The summed E-state index contributed by atoms with van der Waals surface area (Å²) in [5, 5.41) is 17.8. The van der Waals surface area contributed by atoms with E-state index in [4.69, 9.17) is 14.4 Å². The summed E-state index contributed by atoms with van der Waals surface area (Å²) in [6.07, 6.45) is 4.92. The van der Waals surface area contributed by atoms with E-state index in [9.17, 15) is 5.26 Å². The normalized spacial score (nSPS) is 15.1. The molecule has 1 saturated heterocycles. The molecular weight excluding hydrogens is 570 g/mol. The number of aromatic nitrogens is 3. The van der Waals surface area contributed by atoms with E-state index in [2.05, 4.69) is 83.8 Å². The molecule has 1 fully saturated rings. The lowest BCUT2D eigenvalue weighted by atomic mass is 9.93. The summed E-state index contributed by atoms with van der Waals surface area (Å²) in [4.78, 5) is 16.7. The fourth-order valence-electron chi connectivity index (χ4n) is 6.66. The molecule has 3 aromatic heterocycles. The Bertz CT molecular complexity index is 2130. The Hall–Kier alpha value is -5.10. The van der Waals surface area contributed by atoms with Crippen molar-refractivity contribution >= 4 is 33.5 Å². The predicted molar refractivity (Wildman–Crippen MR) is 184 cm³/mol. The molecule has 46 heavy (non-hydrogen) atoms. The zero-order valence-electron chi connectivity index (χ0n) is 26.7. The Morgan fingerprint density at radius 3 is 2.57 bits per heavy atom. The number of pyridine rings is 2. The van der Waals surface area contributed by atoms with Crippen LogP contribution in [0.15, 0.2) is 77.5 Å². The van der Waals surface area contributed by atoms with Crippen molar-refractivity contribution in [3.8, 4) is 28.7 Å². The van der Waals surface area contributed by atoms with Gasteiger partial charge in [-0.25, -0.2) is 9.97 Å². The molecule has 0 saturated carbocycles. The number of likely N-dealkylation sites (tertiary alicyclic amines) is 1. The molecule has 230 valence electrons. The van der Waals surface area contributed by atoms with Crippen LogP contribution in [0.2, 0.25) is 0 Å². The van der Waals surface area contributed by atoms with Gasteiger partial charge < -0.3 is 15.1 Å². The highest BCUT2D eigenvalue weighted by atomic mass is 16.3. The second-order valence-electron chi connectivity index (χ2n) is 12.4. The number of nitriles is 1. The average Bonchev–Trinajstić information content (AvgIpc) is 3.67. The van der Waals surface area contributed by atoms with Crippen molar-refractivity contribution < 1.29 is 4.42 Å². The average molecular weight is 608 g/mol. The van der Waals surface area contributed by atoms with Crippen LogP contribution in [0.3, 0.4) is 0 Å². The summed E-state index contributed by atoms with van der Waals surface area (Å²) >= 11 is 0. The molecule has 1 aliphatic heterocycles. The van der Waals surface area contributed by atoms with Crippen LogP contribution in [-0.4, -0.2) is 40.0 Å². The molecule has 0 radical (unpaired) electrons. The molecule has 8 nitrogen and oxygen atoms in total. The lowest BCUT2D eigenvalue weighted by Gasteiger charge is -2.16. The van der Waals surface area contributed by atoms with E-state index in [1.54, 1.807) is 0 Å². The number of nitrogens with one attached hydrogen (secondary N) is 2. The van der Waals surface area contributed by atoms with Gasteiger partial charge in [0.1, 0.15) is 17.1 Å². The van der Waals surface area contributed by atoms with Crippen molar-refractivity contribution in [1.29, 1.82) is 5.26 Å². The van der Waals surface area contributed by atoms with E-state index < -0.39 is 0 Å². The Labute approximate surface area is 269 Å². The van der Waals surface area contributed by atoms with E-state index in [1.165, 1.54) is 6.42 Å². The monoisotopic (exact) mass is 607 g/mol. The van der Waals surface area contributed by atoms with Crippen LogP contribution in [0.25, 0.3) is 44.6 Å². The molecular formula is C38H37N7O. The number of rotatable bonds is 8. The Balaban J connectivity index is 1.22. The van der Waals surface area contributed by atoms with Gasteiger partial charge in [-0.15, -0.1) is 0 Å². The first-order chi connectivity index (χ1) is 22.4. The first-order valence-corrected chi connectivity index (χ1v) is 15.8. The van der Waals surface area contributed by atoms with E-state index in [0.29, 0.717) is 23.0 Å². The van der Waals surface area contributed by atoms with Crippen molar-refractivity contribution in [2.45, 2.75) is 40.3 Å². The molecule has 4 heterocycles. The van der Waals surface area contributed by atoms with Gasteiger partial charge in [-0.3, -0.25) is 9.88 Å². The molecule has 0 spiro atoms. The van der Waals surface area contributed by atoms with Crippen LogP contribution in [0.4, 0.5) is 11.5 Å². The van der Waals surface area contributed by atoms with Gasteiger partial charge in [0.15, 0.2) is 11.4 Å². The van der Waals surface area contributed by atoms with Crippen molar-refractivity contribution in [1.82, 2.24) is 25.2 Å². The molecule has 2 N–H and O–H groups in total. The van der Waals surface area contributed by atoms with Gasteiger partial charge in [-0.2, -0.15) is 5.26 Å². The van der Waals surface area contributed by atoms with Gasteiger partial charge in [0, 0.05) is 48.7 Å². The molecule has 8 heteroatoms. The number of benzene rings is 3. The Morgan fingerprint density at radius 1 is 0.978 bits per heavy atom. The highest BCUT2D eigenvalue weighted by Crippen LogP contribution is 2.38. The van der Waals surface area contributed by atoms with Gasteiger partial charge >= 0.3 is 0 Å². The Morgan fingerprint density at radius 2 is 1.78 bits per heavy atom. The number of oxazole rings is 1. The van der Waals surface area contributed by atoms with Crippen LogP contribution in [0, 0.1) is 31.1 Å². The van der Waals surface area contributed by atoms with Crippen LogP contribution >= 0.6 is 0 Å².